The minimum atomic E-state index is -3.64. The van der Waals surface area contributed by atoms with Crippen LogP contribution in [0.3, 0.4) is 0 Å². The molecule has 2 heterocycles. The summed E-state index contributed by atoms with van der Waals surface area (Å²) in [6.07, 6.45) is 2.44. The second kappa shape index (κ2) is 14.4. The Hall–Kier alpha value is -2.77. The first-order valence-electron chi connectivity index (χ1n) is 14.1. The van der Waals surface area contributed by atoms with Crippen molar-refractivity contribution in [3.05, 3.63) is 42.0 Å². The van der Waals surface area contributed by atoms with E-state index in [0.29, 0.717) is 60.6 Å². The molecular formula is C29H40N4O6S2. The van der Waals surface area contributed by atoms with Gasteiger partial charge in [0.1, 0.15) is 21.7 Å². The third-order valence-electron chi connectivity index (χ3n) is 7.19. The number of anilines is 1. The van der Waals surface area contributed by atoms with Crippen molar-refractivity contribution in [2.45, 2.75) is 38.0 Å². The molecule has 224 valence electrons. The van der Waals surface area contributed by atoms with Crippen molar-refractivity contribution < 1.29 is 27.4 Å². The molecule has 1 amide bonds. The summed E-state index contributed by atoms with van der Waals surface area (Å²) < 4.78 is 45.2. The number of unbranched alkanes of at least 4 members (excludes halogenated alkanes) is 1. The van der Waals surface area contributed by atoms with Gasteiger partial charge in [0.05, 0.1) is 32.3 Å². The molecule has 0 N–H and O–H groups in total. The Morgan fingerprint density at radius 3 is 2.32 bits per heavy atom. The van der Waals surface area contributed by atoms with Gasteiger partial charge in [-0.15, -0.1) is 0 Å². The van der Waals surface area contributed by atoms with Crippen LogP contribution in [0.15, 0.2) is 41.3 Å². The van der Waals surface area contributed by atoms with Crippen LogP contribution < -0.4 is 14.4 Å². The van der Waals surface area contributed by atoms with Crippen LogP contribution in [0.5, 0.6) is 11.5 Å². The second-order valence-corrected chi connectivity index (χ2v) is 12.7. The van der Waals surface area contributed by atoms with Gasteiger partial charge >= 0.3 is 0 Å². The Morgan fingerprint density at radius 2 is 1.68 bits per heavy atom. The first kappa shape index (κ1) is 31.2. The second-order valence-electron chi connectivity index (χ2n) is 9.78. The van der Waals surface area contributed by atoms with Gasteiger partial charge in [0.25, 0.3) is 5.91 Å². The van der Waals surface area contributed by atoms with Crippen LogP contribution >= 0.6 is 11.3 Å². The van der Waals surface area contributed by atoms with Gasteiger partial charge in [-0.05, 0) is 49.2 Å². The van der Waals surface area contributed by atoms with E-state index in [1.807, 2.05) is 19.9 Å². The normalized spacial score (nSPS) is 14.5. The largest absolute Gasteiger partial charge is 0.495 e. The maximum atomic E-state index is 13.9. The summed E-state index contributed by atoms with van der Waals surface area (Å²) in [7, 11) is -0.456. The van der Waals surface area contributed by atoms with E-state index in [-0.39, 0.29) is 10.8 Å². The van der Waals surface area contributed by atoms with Crippen molar-refractivity contribution in [1.29, 1.82) is 0 Å². The van der Waals surface area contributed by atoms with E-state index in [1.165, 1.54) is 27.8 Å². The van der Waals surface area contributed by atoms with Crippen LogP contribution in [0.2, 0.25) is 0 Å². The molecular weight excluding hydrogens is 564 g/mol. The summed E-state index contributed by atoms with van der Waals surface area (Å²) in [5.74, 6) is 1.01. The average molecular weight is 605 g/mol. The lowest BCUT2D eigenvalue weighted by molar-refractivity contribution is 0.0376. The SMILES string of the molecule is CCCCN(CC)S(=O)(=O)c1ccc(C(=O)N(CCCN2CCOCC2)c2nc3c(OC)ccc(OC)c3s2)cc1. The van der Waals surface area contributed by atoms with Gasteiger partial charge < -0.3 is 14.2 Å². The van der Waals surface area contributed by atoms with Gasteiger partial charge in [0.2, 0.25) is 10.0 Å². The van der Waals surface area contributed by atoms with Gasteiger partial charge in [0, 0.05) is 44.8 Å². The van der Waals surface area contributed by atoms with Crippen LogP contribution in [0.4, 0.5) is 5.13 Å². The van der Waals surface area contributed by atoms with Gasteiger partial charge in [-0.1, -0.05) is 31.6 Å². The lowest BCUT2D eigenvalue weighted by atomic mass is 10.2. The van der Waals surface area contributed by atoms with Crippen molar-refractivity contribution in [2.24, 2.45) is 0 Å². The maximum absolute atomic E-state index is 13.9. The fraction of sp³-hybridized carbons (Fsp3) is 0.517. The predicted octanol–water partition coefficient (Wildman–Crippen LogP) is 4.49. The number of carbonyl (C=O) groups is 1. The predicted molar refractivity (Wildman–Crippen MR) is 162 cm³/mol. The van der Waals surface area contributed by atoms with Gasteiger partial charge in [-0.25, -0.2) is 13.4 Å². The van der Waals surface area contributed by atoms with Crippen molar-refractivity contribution in [2.75, 3.05) is 71.6 Å². The Morgan fingerprint density at radius 1 is 1.00 bits per heavy atom. The molecule has 0 atom stereocenters. The van der Waals surface area contributed by atoms with E-state index in [9.17, 15) is 13.2 Å². The molecule has 1 aliphatic rings. The van der Waals surface area contributed by atoms with Crippen molar-refractivity contribution >= 4 is 42.6 Å². The van der Waals surface area contributed by atoms with E-state index in [1.54, 1.807) is 37.3 Å². The maximum Gasteiger partial charge on any atom is 0.260 e. The number of morpholine rings is 1. The third kappa shape index (κ3) is 7.18. The number of carbonyl (C=O) groups excluding carboxylic acids is 1. The number of sulfonamides is 1. The molecule has 41 heavy (non-hydrogen) atoms. The highest BCUT2D eigenvalue weighted by Crippen LogP contribution is 2.40. The number of benzene rings is 2. The van der Waals surface area contributed by atoms with Gasteiger partial charge in [-0.3, -0.25) is 14.6 Å². The fourth-order valence-corrected chi connectivity index (χ4v) is 7.39. The third-order valence-corrected chi connectivity index (χ3v) is 10.3. The zero-order valence-electron chi connectivity index (χ0n) is 24.3. The number of hydrogen-bond donors (Lipinski definition) is 0. The van der Waals surface area contributed by atoms with Crippen molar-refractivity contribution in [1.82, 2.24) is 14.2 Å². The van der Waals surface area contributed by atoms with Crippen LogP contribution in [0.1, 0.15) is 43.5 Å². The number of methoxy groups -OCH3 is 2. The molecule has 1 saturated heterocycles. The molecule has 2 aromatic carbocycles. The molecule has 12 heteroatoms. The summed E-state index contributed by atoms with van der Waals surface area (Å²) in [6.45, 7) is 9.16. The average Bonchev–Trinajstić information content (AvgIpc) is 3.44. The van der Waals surface area contributed by atoms with E-state index >= 15 is 0 Å². The van der Waals surface area contributed by atoms with E-state index in [0.717, 1.165) is 43.6 Å². The highest BCUT2D eigenvalue weighted by atomic mass is 32.2. The Kier molecular flexibility index (Phi) is 11.0. The molecule has 4 rings (SSSR count). The highest BCUT2D eigenvalue weighted by molar-refractivity contribution is 7.89. The monoisotopic (exact) mass is 604 g/mol. The summed E-state index contributed by atoms with van der Waals surface area (Å²) in [4.78, 5) is 22.9. The zero-order valence-corrected chi connectivity index (χ0v) is 25.9. The quantitative estimate of drug-likeness (QED) is 0.265. The molecule has 0 saturated carbocycles. The Balaban J connectivity index is 1.63. The van der Waals surface area contributed by atoms with E-state index in [4.69, 9.17) is 19.2 Å². The van der Waals surface area contributed by atoms with Crippen LogP contribution in [-0.2, 0) is 14.8 Å². The number of hydrogen-bond acceptors (Lipinski definition) is 9. The fourth-order valence-electron chi connectivity index (χ4n) is 4.81. The molecule has 0 radical (unpaired) electrons. The summed E-state index contributed by atoms with van der Waals surface area (Å²) in [5.41, 5.74) is 1.02. The zero-order chi connectivity index (χ0) is 29.4. The number of ether oxygens (including phenoxy) is 3. The molecule has 0 bridgehead atoms. The number of aromatic nitrogens is 1. The molecule has 1 fully saturated rings. The lowest BCUT2D eigenvalue weighted by Gasteiger charge is -2.27. The van der Waals surface area contributed by atoms with Crippen molar-refractivity contribution in [3.8, 4) is 11.5 Å². The molecule has 1 aromatic heterocycles. The Bertz CT molecular complexity index is 1360. The standard InChI is InChI=1S/C29H40N4O6S2/c1-5-7-16-32(6-2)41(35,36)23-11-9-22(10-12-23)28(34)33(17-8-15-31-18-20-39-21-19-31)29-30-26-24(37-3)13-14-25(38-4)27(26)40-29/h9-14H,5-8,15-21H2,1-4H3. The summed E-state index contributed by atoms with van der Waals surface area (Å²) >= 11 is 1.37. The highest BCUT2D eigenvalue weighted by Gasteiger charge is 2.26. The number of thiazole rings is 1. The smallest absolute Gasteiger partial charge is 0.260 e. The Labute approximate surface area is 246 Å². The van der Waals surface area contributed by atoms with Crippen molar-refractivity contribution in [3.63, 3.8) is 0 Å². The van der Waals surface area contributed by atoms with Gasteiger partial charge in [-0.2, -0.15) is 4.31 Å². The summed E-state index contributed by atoms with van der Waals surface area (Å²) in [5, 5.41) is 0.531. The summed E-state index contributed by atoms with van der Waals surface area (Å²) in [6, 6.07) is 9.85. The van der Waals surface area contributed by atoms with E-state index < -0.39 is 10.0 Å². The van der Waals surface area contributed by atoms with Crippen LogP contribution in [-0.4, -0.2) is 95.2 Å². The molecule has 10 nitrogen and oxygen atoms in total. The number of amides is 1. The molecule has 3 aromatic rings. The number of rotatable bonds is 14. The minimum absolute atomic E-state index is 0.181. The lowest BCUT2D eigenvalue weighted by Crippen LogP contribution is -2.39. The van der Waals surface area contributed by atoms with Gasteiger partial charge in [0.15, 0.2) is 5.13 Å². The first-order chi connectivity index (χ1) is 19.8. The first-order valence-corrected chi connectivity index (χ1v) is 16.3. The molecule has 0 unspecified atom stereocenters. The topological polar surface area (TPSA) is 102 Å². The molecule has 0 aliphatic carbocycles. The molecule has 0 spiro atoms. The molecule has 1 aliphatic heterocycles. The number of fused-ring (bicyclic) bond motifs is 1. The number of nitrogens with zero attached hydrogens (tertiary/aromatic N) is 4. The minimum Gasteiger partial charge on any atom is -0.495 e. The van der Waals surface area contributed by atoms with Crippen LogP contribution in [0, 0.1) is 0 Å². The van der Waals surface area contributed by atoms with Crippen LogP contribution in [0.25, 0.3) is 10.2 Å². The van der Waals surface area contributed by atoms with E-state index in [2.05, 4.69) is 4.90 Å².